The van der Waals surface area contributed by atoms with E-state index >= 15 is 0 Å². The molecule has 0 unspecified atom stereocenters. The summed E-state index contributed by atoms with van der Waals surface area (Å²) < 4.78 is 5.53. The molecule has 1 heterocycles. The Morgan fingerprint density at radius 1 is 1.50 bits per heavy atom. The number of hydrogen-bond donors (Lipinski definition) is 1. The first kappa shape index (κ1) is 11.4. The highest BCUT2D eigenvalue weighted by Gasteiger charge is 2.09. The van der Waals surface area contributed by atoms with E-state index in [0.29, 0.717) is 15.2 Å². The van der Waals surface area contributed by atoms with E-state index < -0.39 is 0 Å². The van der Waals surface area contributed by atoms with Gasteiger partial charge in [0.1, 0.15) is 10.9 Å². The molecule has 0 spiro atoms. The first-order valence-electron chi connectivity index (χ1n) is 4.69. The Bertz CT molecular complexity index is 498. The minimum atomic E-state index is -0.117. The molecule has 0 aliphatic carbocycles. The molecule has 0 aliphatic heterocycles. The average Bonchev–Trinajstić information content (AvgIpc) is 2.58. The van der Waals surface area contributed by atoms with Crippen LogP contribution in [0.25, 0.3) is 0 Å². The van der Waals surface area contributed by atoms with Crippen LogP contribution in [0.4, 0.5) is 0 Å². The van der Waals surface area contributed by atoms with Crippen molar-refractivity contribution in [3.05, 3.63) is 39.9 Å². The molecule has 0 saturated heterocycles. The Labute approximate surface area is 102 Å². The first-order valence-corrected chi connectivity index (χ1v) is 5.89. The van der Waals surface area contributed by atoms with Crippen LogP contribution >= 0.6 is 22.9 Å². The summed E-state index contributed by atoms with van der Waals surface area (Å²) in [4.78, 5) is 4.62. The number of benzene rings is 1. The first-order chi connectivity index (χ1) is 7.69. The Kier molecular flexibility index (Phi) is 3.43. The maximum Gasteiger partial charge on any atom is 0.280 e. The lowest BCUT2D eigenvalue weighted by Crippen LogP contribution is -1.83. The van der Waals surface area contributed by atoms with Gasteiger partial charge in [-0.25, -0.2) is 0 Å². The van der Waals surface area contributed by atoms with Gasteiger partial charge in [-0.15, -0.1) is 0 Å². The minimum absolute atomic E-state index is 0.117. The SMILES string of the molecule is Cc1cccc(Oc2nc(Cl)c(CO)s2)c1. The third-order valence-corrected chi connectivity index (χ3v) is 3.31. The lowest BCUT2D eigenvalue weighted by molar-refractivity contribution is 0.285. The van der Waals surface area contributed by atoms with Crippen LogP contribution in [0.2, 0.25) is 5.15 Å². The molecule has 3 nitrogen and oxygen atoms in total. The van der Waals surface area contributed by atoms with Crippen molar-refractivity contribution in [2.45, 2.75) is 13.5 Å². The lowest BCUT2D eigenvalue weighted by Gasteiger charge is -2.01. The van der Waals surface area contributed by atoms with E-state index in [9.17, 15) is 0 Å². The molecule has 84 valence electrons. The molecule has 1 aromatic carbocycles. The minimum Gasteiger partial charge on any atom is -0.431 e. The fourth-order valence-electron chi connectivity index (χ4n) is 1.23. The van der Waals surface area contributed by atoms with Crippen molar-refractivity contribution in [3.63, 3.8) is 0 Å². The number of ether oxygens (including phenoxy) is 1. The van der Waals surface area contributed by atoms with Crippen molar-refractivity contribution in [2.75, 3.05) is 0 Å². The molecule has 1 N–H and O–H groups in total. The molecule has 0 bridgehead atoms. The van der Waals surface area contributed by atoms with E-state index in [4.69, 9.17) is 21.4 Å². The molecular formula is C11H10ClNO2S. The summed E-state index contributed by atoms with van der Waals surface area (Å²) in [6, 6.07) is 7.66. The molecular weight excluding hydrogens is 246 g/mol. The van der Waals surface area contributed by atoms with Crippen LogP contribution in [0.15, 0.2) is 24.3 Å². The maximum absolute atomic E-state index is 8.97. The van der Waals surface area contributed by atoms with Gasteiger partial charge < -0.3 is 9.84 Å². The quantitative estimate of drug-likeness (QED) is 0.914. The summed E-state index contributed by atoms with van der Waals surface area (Å²) in [6.07, 6.45) is 0. The highest BCUT2D eigenvalue weighted by molar-refractivity contribution is 7.13. The standard InChI is InChI=1S/C11H10ClNO2S/c1-7-3-2-4-8(5-7)15-11-13-10(12)9(6-14)16-11/h2-5,14H,6H2,1H3. The summed E-state index contributed by atoms with van der Waals surface area (Å²) in [5.74, 6) is 0.718. The third kappa shape index (κ3) is 2.52. The zero-order valence-electron chi connectivity index (χ0n) is 8.61. The van der Waals surface area contributed by atoms with Crippen LogP contribution in [0.1, 0.15) is 10.4 Å². The molecule has 0 fully saturated rings. The van der Waals surface area contributed by atoms with Gasteiger partial charge in [-0.1, -0.05) is 35.1 Å². The van der Waals surface area contributed by atoms with Crippen LogP contribution in [0.3, 0.4) is 0 Å². The fraction of sp³-hybridized carbons (Fsp3) is 0.182. The summed E-state index contributed by atoms with van der Waals surface area (Å²) >= 11 is 7.05. The largest absolute Gasteiger partial charge is 0.431 e. The Hall–Kier alpha value is -1.10. The van der Waals surface area contributed by atoms with Crippen LogP contribution < -0.4 is 4.74 Å². The van der Waals surface area contributed by atoms with Crippen molar-refractivity contribution < 1.29 is 9.84 Å². The third-order valence-electron chi connectivity index (χ3n) is 1.97. The molecule has 2 rings (SSSR count). The number of aromatic nitrogens is 1. The van der Waals surface area contributed by atoms with Crippen molar-refractivity contribution in [1.29, 1.82) is 0 Å². The number of aryl methyl sites for hydroxylation is 1. The lowest BCUT2D eigenvalue weighted by atomic mass is 10.2. The predicted octanol–water partition coefficient (Wildman–Crippen LogP) is 3.39. The van der Waals surface area contributed by atoms with Crippen LogP contribution in [0, 0.1) is 6.92 Å². The number of rotatable bonds is 3. The van der Waals surface area contributed by atoms with Gasteiger partial charge in [-0.05, 0) is 24.6 Å². The summed E-state index contributed by atoms with van der Waals surface area (Å²) in [6.45, 7) is 1.87. The summed E-state index contributed by atoms with van der Waals surface area (Å²) in [7, 11) is 0. The van der Waals surface area contributed by atoms with Crippen LogP contribution in [-0.2, 0) is 6.61 Å². The molecule has 16 heavy (non-hydrogen) atoms. The van der Waals surface area contributed by atoms with Crippen molar-refractivity contribution in [2.24, 2.45) is 0 Å². The van der Waals surface area contributed by atoms with Crippen LogP contribution in [-0.4, -0.2) is 10.1 Å². The van der Waals surface area contributed by atoms with E-state index in [-0.39, 0.29) is 6.61 Å². The average molecular weight is 256 g/mol. The van der Waals surface area contributed by atoms with Crippen molar-refractivity contribution in [3.8, 4) is 10.9 Å². The Morgan fingerprint density at radius 3 is 2.94 bits per heavy atom. The zero-order chi connectivity index (χ0) is 11.5. The molecule has 0 atom stereocenters. The highest BCUT2D eigenvalue weighted by Crippen LogP contribution is 2.32. The van der Waals surface area contributed by atoms with Gasteiger partial charge in [-0.3, -0.25) is 0 Å². The van der Waals surface area contributed by atoms with Crippen molar-refractivity contribution >= 4 is 22.9 Å². The van der Waals surface area contributed by atoms with Crippen LogP contribution in [0.5, 0.6) is 10.9 Å². The molecule has 1 aromatic heterocycles. The fourth-order valence-corrected chi connectivity index (χ4v) is 2.22. The molecule has 0 saturated carbocycles. The van der Waals surface area contributed by atoms with Gasteiger partial charge in [0, 0.05) is 0 Å². The van der Waals surface area contributed by atoms with E-state index in [1.807, 2.05) is 31.2 Å². The normalized spacial score (nSPS) is 10.4. The number of thiazole rings is 1. The van der Waals surface area contributed by atoms with Gasteiger partial charge in [0.2, 0.25) is 0 Å². The monoisotopic (exact) mass is 255 g/mol. The van der Waals surface area contributed by atoms with Gasteiger partial charge in [0.25, 0.3) is 5.19 Å². The molecule has 5 heteroatoms. The summed E-state index contributed by atoms with van der Waals surface area (Å²) in [5.41, 5.74) is 1.11. The molecule has 2 aromatic rings. The number of aliphatic hydroxyl groups is 1. The number of halogens is 1. The summed E-state index contributed by atoms with van der Waals surface area (Å²) in [5, 5.41) is 9.72. The number of nitrogens with zero attached hydrogens (tertiary/aromatic N) is 1. The number of aliphatic hydroxyl groups excluding tert-OH is 1. The van der Waals surface area contributed by atoms with Crippen molar-refractivity contribution in [1.82, 2.24) is 4.98 Å². The smallest absolute Gasteiger partial charge is 0.280 e. The van der Waals surface area contributed by atoms with E-state index in [1.54, 1.807) is 0 Å². The van der Waals surface area contributed by atoms with Gasteiger partial charge in [0.05, 0.1) is 11.5 Å². The Morgan fingerprint density at radius 2 is 2.31 bits per heavy atom. The topological polar surface area (TPSA) is 42.4 Å². The second kappa shape index (κ2) is 4.82. The van der Waals surface area contributed by atoms with E-state index in [0.717, 1.165) is 11.3 Å². The van der Waals surface area contributed by atoms with Gasteiger partial charge >= 0.3 is 0 Å². The molecule has 0 radical (unpaired) electrons. The highest BCUT2D eigenvalue weighted by atomic mass is 35.5. The van der Waals surface area contributed by atoms with Gasteiger partial charge in [-0.2, -0.15) is 4.98 Å². The van der Waals surface area contributed by atoms with Gasteiger partial charge in [0.15, 0.2) is 0 Å². The number of hydrogen-bond acceptors (Lipinski definition) is 4. The molecule has 0 amide bonds. The van der Waals surface area contributed by atoms with E-state index in [2.05, 4.69) is 4.98 Å². The predicted molar refractivity (Wildman–Crippen MR) is 64.3 cm³/mol. The Balaban J connectivity index is 2.20. The second-order valence-corrected chi connectivity index (χ2v) is 4.67. The van der Waals surface area contributed by atoms with E-state index in [1.165, 1.54) is 11.3 Å². The second-order valence-electron chi connectivity index (χ2n) is 3.27. The maximum atomic E-state index is 8.97. The molecule has 0 aliphatic rings. The zero-order valence-corrected chi connectivity index (χ0v) is 10.2.